The van der Waals surface area contributed by atoms with E-state index < -0.39 is 56.2 Å². The average molecular weight is 449 g/mol. The summed E-state index contributed by atoms with van der Waals surface area (Å²) in [5.41, 5.74) is 0. The summed E-state index contributed by atoms with van der Waals surface area (Å²) in [6, 6.07) is 1.77. The van der Waals surface area contributed by atoms with Crippen LogP contribution in [0.2, 0.25) is 0 Å². The van der Waals surface area contributed by atoms with Crippen LogP contribution in [0.25, 0.3) is 0 Å². The monoisotopic (exact) mass is 449 g/mol. The van der Waals surface area contributed by atoms with Crippen LogP contribution in [0.4, 0.5) is 43.9 Å². The van der Waals surface area contributed by atoms with Gasteiger partial charge in [0.05, 0.1) is 6.07 Å². The van der Waals surface area contributed by atoms with Crippen LogP contribution in [0.15, 0.2) is 0 Å². The van der Waals surface area contributed by atoms with E-state index in [-0.39, 0.29) is 38.9 Å². The van der Waals surface area contributed by atoms with Gasteiger partial charge in [-0.25, -0.2) is 0 Å². The molecule has 0 heterocycles. The predicted molar refractivity (Wildman–Crippen MR) is 80.2 cm³/mol. The zero-order chi connectivity index (χ0) is 22.8. The first-order chi connectivity index (χ1) is 13.1. The van der Waals surface area contributed by atoms with Gasteiger partial charge in [0.2, 0.25) is 0 Å². The van der Waals surface area contributed by atoms with Crippen LogP contribution in [0, 0.1) is 11.3 Å². The van der Waals surface area contributed by atoms with Gasteiger partial charge >= 0.3 is 24.2 Å². The van der Waals surface area contributed by atoms with Crippen molar-refractivity contribution in [2.24, 2.45) is 0 Å². The Balaban J connectivity index is 4.17. The number of rotatable bonds is 14. The molecule has 0 radical (unpaired) electrons. The Bertz CT molecular complexity index is 463. The highest BCUT2D eigenvalue weighted by molar-refractivity contribution is 4.76. The Kier molecular flexibility index (Phi) is 11.3. The summed E-state index contributed by atoms with van der Waals surface area (Å²) >= 11 is 0. The summed E-state index contributed by atoms with van der Waals surface area (Å²) in [5.74, 6) is -9.63. The fourth-order valence-corrected chi connectivity index (χ4v) is 2.01. The van der Waals surface area contributed by atoms with E-state index in [9.17, 15) is 43.9 Å². The number of hydrogen-bond acceptors (Lipinski definition) is 3. The molecule has 29 heavy (non-hydrogen) atoms. The van der Waals surface area contributed by atoms with Gasteiger partial charge in [-0.05, 0) is 25.7 Å². The van der Waals surface area contributed by atoms with Crippen molar-refractivity contribution in [3.05, 3.63) is 0 Å². The van der Waals surface area contributed by atoms with Gasteiger partial charge in [-0.15, -0.1) is 0 Å². The maximum absolute atomic E-state index is 12.7. The molecular weight excluding hydrogens is 428 g/mol. The van der Waals surface area contributed by atoms with Gasteiger partial charge in [0.15, 0.2) is 6.29 Å². The number of unbranched alkanes of at least 4 members (excludes halogenated alkanes) is 2. The Labute approximate surface area is 160 Å². The number of nitrogens with zero attached hydrogens (tertiary/aromatic N) is 1. The number of ether oxygens (including phenoxy) is 2. The third-order valence-corrected chi connectivity index (χ3v) is 3.70. The van der Waals surface area contributed by atoms with Crippen molar-refractivity contribution in [3.8, 4) is 6.07 Å². The second kappa shape index (κ2) is 11.8. The topological polar surface area (TPSA) is 42.2 Å². The summed E-state index contributed by atoms with van der Waals surface area (Å²) < 4.78 is 133. The Morgan fingerprint density at radius 2 is 1.03 bits per heavy atom. The Morgan fingerprint density at radius 1 is 0.655 bits per heavy atom. The lowest BCUT2D eigenvalue weighted by Crippen LogP contribution is -2.36. The highest BCUT2D eigenvalue weighted by Gasteiger charge is 2.57. The van der Waals surface area contributed by atoms with Gasteiger partial charge in [0, 0.05) is 38.9 Å². The van der Waals surface area contributed by atoms with E-state index in [1.165, 1.54) is 0 Å². The number of hydrogen-bond donors (Lipinski definition) is 0. The highest BCUT2D eigenvalue weighted by atomic mass is 19.4. The number of nitriles is 1. The number of alkyl halides is 10. The van der Waals surface area contributed by atoms with Crippen LogP contribution in [0.5, 0.6) is 0 Å². The maximum Gasteiger partial charge on any atom is 0.453 e. The van der Waals surface area contributed by atoms with E-state index in [4.69, 9.17) is 14.7 Å². The predicted octanol–water partition coefficient (Wildman–Crippen LogP) is 6.39. The number of halogens is 10. The fraction of sp³-hybridized carbons (Fsp3) is 0.938. The van der Waals surface area contributed by atoms with Gasteiger partial charge in [0.25, 0.3) is 0 Å². The molecule has 0 aromatic rings. The fourth-order valence-electron chi connectivity index (χ4n) is 2.01. The van der Waals surface area contributed by atoms with Crippen LogP contribution in [0.1, 0.15) is 51.4 Å². The zero-order valence-electron chi connectivity index (χ0n) is 15.2. The van der Waals surface area contributed by atoms with Crippen LogP contribution in [-0.4, -0.2) is 43.7 Å². The molecule has 0 aliphatic heterocycles. The largest absolute Gasteiger partial charge is 0.453 e. The van der Waals surface area contributed by atoms with Crippen LogP contribution >= 0.6 is 0 Å². The quantitative estimate of drug-likeness (QED) is 0.175. The van der Waals surface area contributed by atoms with Gasteiger partial charge in [-0.3, -0.25) is 0 Å². The first-order valence-corrected chi connectivity index (χ1v) is 8.63. The summed E-state index contributed by atoms with van der Waals surface area (Å²) in [6.07, 6.45) is -16.5. The van der Waals surface area contributed by atoms with Gasteiger partial charge in [-0.2, -0.15) is 49.2 Å². The summed E-state index contributed by atoms with van der Waals surface area (Å²) in [5, 5.41) is 8.53. The third kappa shape index (κ3) is 10.9. The normalized spacial score (nSPS) is 13.7. The Hall–Kier alpha value is -1.29. The summed E-state index contributed by atoms with van der Waals surface area (Å²) in [6.45, 7) is -0.508. The van der Waals surface area contributed by atoms with Crippen molar-refractivity contribution in [2.75, 3.05) is 13.2 Å². The maximum atomic E-state index is 12.7. The molecule has 0 fully saturated rings. The molecule has 0 atom stereocenters. The summed E-state index contributed by atoms with van der Waals surface area (Å²) in [7, 11) is 0. The van der Waals surface area contributed by atoms with Crippen molar-refractivity contribution in [1.82, 2.24) is 0 Å². The van der Waals surface area contributed by atoms with Crippen molar-refractivity contribution in [2.45, 2.75) is 81.9 Å². The molecule has 0 unspecified atom stereocenters. The van der Waals surface area contributed by atoms with Gasteiger partial charge < -0.3 is 9.47 Å². The Morgan fingerprint density at radius 3 is 1.34 bits per heavy atom. The van der Waals surface area contributed by atoms with E-state index in [0.717, 1.165) is 0 Å². The van der Waals surface area contributed by atoms with E-state index in [2.05, 4.69) is 0 Å². The molecule has 0 bridgehead atoms. The van der Waals surface area contributed by atoms with Gasteiger partial charge in [0.1, 0.15) is 0 Å². The molecule has 0 rings (SSSR count). The first kappa shape index (κ1) is 27.7. The van der Waals surface area contributed by atoms with Crippen molar-refractivity contribution < 1.29 is 53.4 Å². The van der Waals surface area contributed by atoms with Gasteiger partial charge in [-0.1, -0.05) is 0 Å². The second-order valence-corrected chi connectivity index (χ2v) is 6.19. The van der Waals surface area contributed by atoms with E-state index in [1.54, 1.807) is 6.07 Å². The minimum atomic E-state index is -5.64. The molecule has 3 nitrogen and oxygen atoms in total. The third-order valence-electron chi connectivity index (χ3n) is 3.70. The van der Waals surface area contributed by atoms with Crippen LogP contribution in [-0.2, 0) is 9.47 Å². The molecule has 0 N–H and O–H groups in total. The van der Waals surface area contributed by atoms with Crippen molar-refractivity contribution in [1.29, 1.82) is 5.26 Å². The van der Waals surface area contributed by atoms with Crippen molar-refractivity contribution in [3.63, 3.8) is 0 Å². The molecule has 0 aliphatic rings. The first-order valence-electron chi connectivity index (χ1n) is 8.63. The lowest BCUT2D eigenvalue weighted by Gasteiger charge is -2.21. The average Bonchev–Trinajstić information content (AvgIpc) is 2.56. The van der Waals surface area contributed by atoms with E-state index >= 15 is 0 Å². The second-order valence-electron chi connectivity index (χ2n) is 6.19. The zero-order valence-corrected chi connectivity index (χ0v) is 15.2. The van der Waals surface area contributed by atoms with Crippen molar-refractivity contribution >= 4 is 0 Å². The van der Waals surface area contributed by atoms with E-state index in [1.807, 2.05) is 0 Å². The SMILES string of the molecule is N#CCCC(OCCCCC(F)(F)C(F)(F)F)OCCCCC(F)(F)C(F)(F)F. The van der Waals surface area contributed by atoms with E-state index in [0.29, 0.717) is 0 Å². The minimum Gasteiger partial charge on any atom is -0.353 e. The molecule has 0 spiro atoms. The summed E-state index contributed by atoms with van der Waals surface area (Å²) in [4.78, 5) is 0. The smallest absolute Gasteiger partial charge is 0.353 e. The molecule has 0 amide bonds. The molecule has 0 aromatic heterocycles. The van der Waals surface area contributed by atoms with Crippen LogP contribution < -0.4 is 0 Å². The molecule has 0 saturated heterocycles. The molecule has 172 valence electrons. The lowest BCUT2D eigenvalue weighted by atomic mass is 10.1. The molecule has 0 saturated carbocycles. The standard InChI is InChI=1S/C16H21F10NO2/c17-13(18,15(21,22)23)7-1-3-10-28-12(6-5-9-27)29-11-4-2-8-14(19,20)16(24,25)26/h12H,1-8,10-11H2. The van der Waals surface area contributed by atoms with Crippen LogP contribution in [0.3, 0.4) is 0 Å². The molecule has 13 heteroatoms. The minimum absolute atomic E-state index is 0.00786. The molecule has 0 aromatic carbocycles. The molecular formula is C16H21F10NO2. The highest BCUT2D eigenvalue weighted by Crippen LogP contribution is 2.40. The lowest BCUT2D eigenvalue weighted by molar-refractivity contribution is -0.285. The molecule has 0 aliphatic carbocycles.